The number of hydrogen-bond donors (Lipinski definition) is 0. The quantitative estimate of drug-likeness (QED) is 0.747. The van der Waals surface area contributed by atoms with Crippen LogP contribution in [0.1, 0.15) is 0 Å². The SMILES string of the molecule is COC(=O)CN1CSc2ccccc21.Cl. The molecule has 0 radical (unpaired) electrons. The van der Waals surface area contributed by atoms with Crippen LogP contribution in [0, 0.1) is 0 Å². The molecule has 0 saturated heterocycles. The van der Waals surface area contributed by atoms with Crippen molar-refractivity contribution >= 4 is 35.8 Å². The lowest BCUT2D eigenvalue weighted by Gasteiger charge is -2.16. The first-order valence-electron chi connectivity index (χ1n) is 4.35. The smallest absolute Gasteiger partial charge is 0.325 e. The summed E-state index contributed by atoms with van der Waals surface area (Å²) in [6.07, 6.45) is 0. The highest BCUT2D eigenvalue weighted by Crippen LogP contribution is 2.37. The summed E-state index contributed by atoms with van der Waals surface area (Å²) in [4.78, 5) is 14.4. The molecule has 5 heteroatoms. The van der Waals surface area contributed by atoms with E-state index in [1.165, 1.54) is 12.0 Å². The fourth-order valence-corrected chi connectivity index (χ4v) is 2.45. The van der Waals surface area contributed by atoms with Crippen LogP contribution >= 0.6 is 24.2 Å². The molecule has 0 saturated carbocycles. The molecule has 0 amide bonds. The Hall–Kier alpha value is -0.870. The highest BCUT2D eigenvalue weighted by Gasteiger charge is 2.20. The number of hydrogen-bond acceptors (Lipinski definition) is 4. The summed E-state index contributed by atoms with van der Waals surface area (Å²) in [5.74, 6) is 0.636. The summed E-state index contributed by atoms with van der Waals surface area (Å²) in [7, 11) is 1.41. The van der Waals surface area contributed by atoms with Gasteiger partial charge in [-0.15, -0.1) is 24.2 Å². The van der Waals surface area contributed by atoms with Gasteiger partial charge in [0.25, 0.3) is 0 Å². The number of anilines is 1. The van der Waals surface area contributed by atoms with Crippen molar-refractivity contribution in [1.29, 1.82) is 0 Å². The zero-order valence-corrected chi connectivity index (χ0v) is 9.94. The van der Waals surface area contributed by atoms with Crippen molar-refractivity contribution in [1.82, 2.24) is 0 Å². The lowest BCUT2D eigenvalue weighted by Crippen LogP contribution is -2.27. The van der Waals surface area contributed by atoms with Gasteiger partial charge in [0.05, 0.1) is 18.7 Å². The van der Waals surface area contributed by atoms with Crippen molar-refractivity contribution in [2.75, 3.05) is 24.4 Å². The number of rotatable bonds is 2. The number of fused-ring (bicyclic) bond motifs is 1. The molecule has 1 aliphatic heterocycles. The molecule has 0 aliphatic carbocycles. The molecule has 15 heavy (non-hydrogen) atoms. The maximum absolute atomic E-state index is 11.1. The maximum Gasteiger partial charge on any atom is 0.325 e. The summed E-state index contributed by atoms with van der Waals surface area (Å²) >= 11 is 1.75. The number of para-hydroxylation sites is 1. The predicted molar refractivity (Wildman–Crippen MR) is 63.8 cm³/mol. The Morgan fingerprint density at radius 2 is 2.27 bits per heavy atom. The number of esters is 1. The minimum absolute atomic E-state index is 0. The topological polar surface area (TPSA) is 29.5 Å². The lowest BCUT2D eigenvalue weighted by atomic mass is 10.3. The molecule has 0 atom stereocenters. The highest BCUT2D eigenvalue weighted by molar-refractivity contribution is 7.99. The van der Waals surface area contributed by atoms with Gasteiger partial charge in [0, 0.05) is 4.90 Å². The summed E-state index contributed by atoms with van der Waals surface area (Å²) in [6, 6.07) is 8.08. The average Bonchev–Trinajstić information content (AvgIpc) is 2.62. The number of carbonyl (C=O) groups is 1. The third-order valence-electron chi connectivity index (χ3n) is 2.13. The van der Waals surface area contributed by atoms with Gasteiger partial charge in [0.1, 0.15) is 6.54 Å². The van der Waals surface area contributed by atoms with Gasteiger partial charge in [-0.05, 0) is 12.1 Å². The summed E-state index contributed by atoms with van der Waals surface area (Å²) < 4.78 is 4.64. The molecule has 0 N–H and O–H groups in total. The zero-order valence-electron chi connectivity index (χ0n) is 8.30. The number of thioether (sulfide) groups is 1. The monoisotopic (exact) mass is 245 g/mol. The minimum Gasteiger partial charge on any atom is -0.468 e. The molecular formula is C10H12ClNO2S. The van der Waals surface area contributed by atoms with E-state index in [4.69, 9.17) is 0 Å². The number of nitrogens with zero attached hydrogens (tertiary/aromatic N) is 1. The van der Waals surface area contributed by atoms with E-state index >= 15 is 0 Å². The molecule has 0 spiro atoms. The Labute approximate surface area is 99.2 Å². The van der Waals surface area contributed by atoms with E-state index in [2.05, 4.69) is 10.8 Å². The largest absolute Gasteiger partial charge is 0.468 e. The zero-order chi connectivity index (χ0) is 9.97. The number of methoxy groups -OCH3 is 1. The van der Waals surface area contributed by atoms with Gasteiger partial charge in [0.2, 0.25) is 0 Å². The van der Waals surface area contributed by atoms with Crippen molar-refractivity contribution < 1.29 is 9.53 Å². The Kier molecular flexibility index (Phi) is 4.29. The minimum atomic E-state index is -0.192. The van der Waals surface area contributed by atoms with Crippen molar-refractivity contribution in [3.8, 4) is 0 Å². The van der Waals surface area contributed by atoms with Crippen LogP contribution in [-0.2, 0) is 9.53 Å². The molecule has 1 aliphatic rings. The molecule has 0 bridgehead atoms. The van der Waals surface area contributed by atoms with Gasteiger partial charge in [-0.3, -0.25) is 4.79 Å². The van der Waals surface area contributed by atoms with Gasteiger partial charge in [-0.1, -0.05) is 12.1 Å². The Morgan fingerprint density at radius 1 is 1.53 bits per heavy atom. The van der Waals surface area contributed by atoms with Gasteiger partial charge >= 0.3 is 5.97 Å². The van der Waals surface area contributed by atoms with Gasteiger partial charge in [-0.25, -0.2) is 0 Å². The summed E-state index contributed by atoms with van der Waals surface area (Å²) in [6.45, 7) is 0.334. The molecular weight excluding hydrogens is 234 g/mol. The molecule has 1 aromatic carbocycles. The number of carbonyl (C=O) groups excluding carboxylic acids is 1. The Morgan fingerprint density at radius 3 is 3.00 bits per heavy atom. The van der Waals surface area contributed by atoms with Crippen LogP contribution in [-0.4, -0.2) is 25.5 Å². The first-order chi connectivity index (χ1) is 6.81. The molecule has 1 heterocycles. The molecule has 0 aromatic heterocycles. The van der Waals surface area contributed by atoms with Crippen LogP contribution in [0.25, 0.3) is 0 Å². The van der Waals surface area contributed by atoms with E-state index in [9.17, 15) is 4.79 Å². The molecule has 0 unspecified atom stereocenters. The van der Waals surface area contributed by atoms with Crippen LogP contribution in [0.4, 0.5) is 5.69 Å². The van der Waals surface area contributed by atoms with Crippen molar-refractivity contribution in [2.24, 2.45) is 0 Å². The highest BCUT2D eigenvalue weighted by atomic mass is 35.5. The van der Waals surface area contributed by atoms with Crippen LogP contribution in [0.15, 0.2) is 29.2 Å². The fraction of sp³-hybridized carbons (Fsp3) is 0.300. The molecule has 82 valence electrons. The van der Waals surface area contributed by atoms with Gasteiger partial charge in [-0.2, -0.15) is 0 Å². The molecule has 3 nitrogen and oxygen atoms in total. The molecule has 0 fully saturated rings. The van der Waals surface area contributed by atoms with E-state index in [0.717, 1.165) is 11.6 Å². The van der Waals surface area contributed by atoms with Crippen molar-refractivity contribution in [3.63, 3.8) is 0 Å². The first kappa shape index (κ1) is 12.2. The van der Waals surface area contributed by atoms with Crippen molar-refractivity contribution in [2.45, 2.75) is 4.90 Å². The Balaban J connectivity index is 0.00000112. The molecule has 1 aromatic rings. The first-order valence-corrected chi connectivity index (χ1v) is 5.33. The van der Waals surface area contributed by atoms with E-state index in [1.807, 2.05) is 23.1 Å². The second kappa shape index (κ2) is 5.28. The fourth-order valence-electron chi connectivity index (χ4n) is 1.41. The van der Waals surface area contributed by atoms with Crippen LogP contribution in [0.3, 0.4) is 0 Å². The average molecular weight is 246 g/mol. The third kappa shape index (κ3) is 2.58. The Bertz CT molecular complexity index is 359. The van der Waals surface area contributed by atoms with Gasteiger partial charge < -0.3 is 9.64 Å². The molecule has 2 rings (SSSR count). The van der Waals surface area contributed by atoms with Crippen LogP contribution in [0.2, 0.25) is 0 Å². The third-order valence-corrected chi connectivity index (χ3v) is 3.23. The van der Waals surface area contributed by atoms with E-state index in [-0.39, 0.29) is 18.4 Å². The number of benzene rings is 1. The number of halogens is 1. The summed E-state index contributed by atoms with van der Waals surface area (Å²) in [5.41, 5.74) is 1.13. The van der Waals surface area contributed by atoms with Crippen LogP contribution in [0.5, 0.6) is 0 Å². The van der Waals surface area contributed by atoms with E-state index < -0.39 is 0 Å². The lowest BCUT2D eigenvalue weighted by molar-refractivity contribution is -0.138. The second-order valence-corrected chi connectivity index (χ2v) is 4.00. The van der Waals surface area contributed by atoms with E-state index in [0.29, 0.717) is 6.54 Å². The van der Waals surface area contributed by atoms with Crippen molar-refractivity contribution in [3.05, 3.63) is 24.3 Å². The van der Waals surface area contributed by atoms with Gasteiger partial charge in [0.15, 0.2) is 0 Å². The standard InChI is InChI=1S/C10H11NO2S.ClH/c1-13-10(12)6-11-7-14-9-5-3-2-4-8(9)11;/h2-5H,6-7H2,1H3;1H. The predicted octanol–water partition coefficient (Wildman–Crippen LogP) is 2.15. The maximum atomic E-state index is 11.1. The number of ether oxygens (including phenoxy) is 1. The van der Waals surface area contributed by atoms with Crippen LogP contribution < -0.4 is 4.90 Å². The summed E-state index contributed by atoms with van der Waals surface area (Å²) in [5, 5.41) is 0. The van der Waals surface area contributed by atoms with E-state index in [1.54, 1.807) is 11.8 Å². The normalized spacial score (nSPS) is 13.0. The second-order valence-electron chi connectivity index (χ2n) is 3.02.